The molecule has 208 valence electrons. The zero-order chi connectivity index (χ0) is 28.1. The number of rotatable bonds is 9. The predicted octanol–water partition coefficient (Wildman–Crippen LogP) is 6.20. The lowest BCUT2D eigenvalue weighted by Crippen LogP contribution is -2.25. The number of hydrogen-bond acceptors (Lipinski definition) is 4. The fraction of sp³-hybridized carbons (Fsp3) is 0.423. The van der Waals surface area contributed by atoms with Crippen molar-refractivity contribution in [2.75, 3.05) is 17.6 Å². The van der Waals surface area contributed by atoms with Crippen LogP contribution < -0.4 is 14.8 Å². The molecule has 0 bridgehead atoms. The molecule has 0 radical (unpaired) electrons. The van der Waals surface area contributed by atoms with E-state index in [1.54, 1.807) is 4.72 Å². The Labute approximate surface area is 218 Å². The van der Waals surface area contributed by atoms with Gasteiger partial charge in [0.2, 0.25) is 15.9 Å². The molecule has 12 heteroatoms. The third-order valence-electron chi connectivity index (χ3n) is 6.17. The van der Waals surface area contributed by atoms with Crippen LogP contribution >= 0.6 is 0 Å². The van der Waals surface area contributed by atoms with E-state index in [1.165, 1.54) is 19.1 Å². The zero-order valence-electron chi connectivity index (χ0n) is 20.9. The third kappa shape index (κ3) is 8.44. The van der Waals surface area contributed by atoms with Crippen molar-refractivity contribution in [3.63, 3.8) is 0 Å². The molecule has 1 atom stereocenters. The van der Waals surface area contributed by atoms with Crippen LogP contribution in [0, 0.1) is 17.6 Å². The highest BCUT2D eigenvalue weighted by molar-refractivity contribution is 7.92. The number of sulfonamides is 1. The predicted molar refractivity (Wildman–Crippen MR) is 134 cm³/mol. The van der Waals surface area contributed by atoms with Crippen molar-refractivity contribution in [3.05, 3.63) is 64.7 Å². The second kappa shape index (κ2) is 12.1. The quantitative estimate of drug-likeness (QED) is 0.282. The number of hydrogen-bond donors (Lipinski definition) is 2. The summed E-state index contributed by atoms with van der Waals surface area (Å²) in [6.07, 6.45) is 3.68. The lowest BCUT2D eigenvalue weighted by atomic mass is 9.90. The first-order valence-corrected chi connectivity index (χ1v) is 13.9. The van der Waals surface area contributed by atoms with Gasteiger partial charge in [0.1, 0.15) is 11.4 Å². The molecular formula is C26H29F5N2O4S. The van der Waals surface area contributed by atoms with Gasteiger partial charge >= 0.3 is 6.18 Å². The Kier molecular flexibility index (Phi) is 9.40. The van der Waals surface area contributed by atoms with Gasteiger partial charge in [0.25, 0.3) is 0 Å². The summed E-state index contributed by atoms with van der Waals surface area (Å²) in [4.78, 5) is 12.5. The number of benzene rings is 2. The minimum Gasteiger partial charge on any atom is -0.493 e. The van der Waals surface area contributed by atoms with Gasteiger partial charge in [-0.1, -0.05) is 25.3 Å². The lowest BCUT2D eigenvalue weighted by molar-refractivity contribution is -0.137. The van der Waals surface area contributed by atoms with E-state index >= 15 is 0 Å². The van der Waals surface area contributed by atoms with E-state index in [-0.39, 0.29) is 29.4 Å². The highest BCUT2D eigenvalue weighted by Crippen LogP contribution is 2.34. The van der Waals surface area contributed by atoms with Crippen molar-refractivity contribution in [1.29, 1.82) is 0 Å². The molecule has 2 aromatic rings. The molecule has 1 aliphatic rings. The summed E-state index contributed by atoms with van der Waals surface area (Å²) in [5.41, 5.74) is -1.40. The first kappa shape index (κ1) is 29.4. The van der Waals surface area contributed by atoms with E-state index in [4.69, 9.17) is 4.74 Å². The normalized spacial score (nSPS) is 15.9. The summed E-state index contributed by atoms with van der Waals surface area (Å²) in [6, 6.07) is 3.91. The number of halogens is 5. The van der Waals surface area contributed by atoms with Crippen molar-refractivity contribution < 1.29 is 39.9 Å². The minimum atomic E-state index is -4.56. The Morgan fingerprint density at radius 1 is 1.11 bits per heavy atom. The highest BCUT2D eigenvalue weighted by atomic mass is 32.2. The summed E-state index contributed by atoms with van der Waals surface area (Å²) in [5, 5.41) is 2.51. The number of carbonyl (C=O) groups is 1. The van der Waals surface area contributed by atoms with E-state index in [0.717, 1.165) is 68.7 Å². The van der Waals surface area contributed by atoms with Crippen LogP contribution in [0.4, 0.5) is 27.6 Å². The summed E-state index contributed by atoms with van der Waals surface area (Å²) in [6.45, 7) is 1.73. The van der Waals surface area contributed by atoms with E-state index in [2.05, 4.69) is 5.32 Å². The number of carbonyl (C=O) groups excluding carboxylic acids is 1. The van der Waals surface area contributed by atoms with Gasteiger partial charge in [-0.2, -0.15) is 13.2 Å². The van der Waals surface area contributed by atoms with E-state index in [1.807, 2.05) is 0 Å². The van der Waals surface area contributed by atoms with Gasteiger partial charge in [-0.25, -0.2) is 17.2 Å². The zero-order valence-corrected chi connectivity index (χ0v) is 21.7. The number of nitrogens with one attached hydrogen (secondary N) is 2. The molecule has 1 saturated carbocycles. The second-order valence-corrected chi connectivity index (χ2v) is 11.1. The average Bonchev–Trinajstić information content (AvgIpc) is 2.83. The Hall–Kier alpha value is -3.15. The molecule has 3 rings (SSSR count). The van der Waals surface area contributed by atoms with Crippen LogP contribution in [0.25, 0.3) is 6.08 Å². The molecule has 1 amide bonds. The SMILES string of the molecule is CC(NC(=O)/C=C/c1ccc(C(F)(F)F)cc1OCC1CCCCC1)c1cc(F)c(NS(C)(=O)=O)c(F)c1. The topological polar surface area (TPSA) is 84.5 Å². The fourth-order valence-electron chi connectivity index (χ4n) is 4.17. The van der Waals surface area contributed by atoms with Crippen LogP contribution in [0.1, 0.15) is 61.8 Å². The Balaban J connectivity index is 1.73. The second-order valence-electron chi connectivity index (χ2n) is 9.36. The number of ether oxygens (including phenoxy) is 1. The van der Waals surface area contributed by atoms with Crippen LogP contribution in [0.15, 0.2) is 36.4 Å². The van der Waals surface area contributed by atoms with E-state index < -0.39 is 51.0 Å². The van der Waals surface area contributed by atoms with Crippen molar-refractivity contribution in [2.24, 2.45) is 5.92 Å². The number of amides is 1. The van der Waals surface area contributed by atoms with Crippen molar-refractivity contribution in [3.8, 4) is 5.75 Å². The minimum absolute atomic E-state index is 0.000560. The monoisotopic (exact) mass is 560 g/mol. The molecule has 6 nitrogen and oxygen atoms in total. The maximum Gasteiger partial charge on any atom is 0.416 e. The smallest absolute Gasteiger partial charge is 0.416 e. The standard InChI is InChI=1S/C26H29F5N2O4S/c1-16(19-12-21(27)25(22(28)13-19)33-38(2,35)36)32-24(34)11-9-18-8-10-20(26(29,30)31)14-23(18)37-15-17-6-4-3-5-7-17/h8-14,16-17,33H,3-7,15H2,1-2H3,(H,32,34)/b11-9+. The van der Waals surface area contributed by atoms with Crippen molar-refractivity contribution in [1.82, 2.24) is 5.32 Å². The Morgan fingerprint density at radius 2 is 1.74 bits per heavy atom. The highest BCUT2D eigenvalue weighted by Gasteiger charge is 2.31. The molecule has 0 aliphatic heterocycles. The molecule has 0 saturated heterocycles. The van der Waals surface area contributed by atoms with Gasteiger partial charge in [0.15, 0.2) is 11.6 Å². The van der Waals surface area contributed by atoms with Gasteiger partial charge in [-0.3, -0.25) is 9.52 Å². The van der Waals surface area contributed by atoms with Gasteiger partial charge < -0.3 is 10.1 Å². The van der Waals surface area contributed by atoms with Gasteiger partial charge in [-0.15, -0.1) is 0 Å². The number of anilines is 1. The third-order valence-corrected chi connectivity index (χ3v) is 6.74. The molecular weight excluding hydrogens is 531 g/mol. The Bertz CT molecular complexity index is 1270. The molecule has 2 aromatic carbocycles. The Morgan fingerprint density at radius 3 is 2.32 bits per heavy atom. The van der Waals surface area contributed by atoms with Gasteiger partial charge in [-0.05, 0) is 61.6 Å². The molecule has 1 aliphatic carbocycles. The maximum absolute atomic E-state index is 14.3. The van der Waals surface area contributed by atoms with Crippen LogP contribution in [-0.2, 0) is 21.0 Å². The largest absolute Gasteiger partial charge is 0.493 e. The summed E-state index contributed by atoms with van der Waals surface area (Å²) in [5.74, 6) is -2.74. The van der Waals surface area contributed by atoms with Gasteiger partial charge in [0.05, 0.1) is 24.5 Å². The molecule has 1 unspecified atom stereocenters. The van der Waals surface area contributed by atoms with Crippen molar-refractivity contribution in [2.45, 2.75) is 51.2 Å². The summed E-state index contributed by atoms with van der Waals surface area (Å²) in [7, 11) is -3.91. The fourth-order valence-corrected chi connectivity index (χ4v) is 4.74. The molecule has 0 heterocycles. The van der Waals surface area contributed by atoms with Crippen molar-refractivity contribution >= 4 is 27.7 Å². The summed E-state index contributed by atoms with van der Waals surface area (Å²) >= 11 is 0. The lowest BCUT2D eigenvalue weighted by Gasteiger charge is -2.22. The molecule has 1 fully saturated rings. The van der Waals surface area contributed by atoms with E-state index in [0.29, 0.717) is 0 Å². The first-order chi connectivity index (χ1) is 17.7. The maximum atomic E-state index is 14.3. The van der Waals surface area contributed by atoms with E-state index in [9.17, 15) is 35.2 Å². The summed E-state index contributed by atoms with van der Waals surface area (Å²) < 4.78 is 98.4. The number of alkyl halides is 3. The van der Waals surface area contributed by atoms with Crippen LogP contribution in [-0.4, -0.2) is 27.2 Å². The molecule has 38 heavy (non-hydrogen) atoms. The molecule has 0 spiro atoms. The van der Waals surface area contributed by atoms with Crippen LogP contribution in [0.5, 0.6) is 5.75 Å². The van der Waals surface area contributed by atoms with Crippen LogP contribution in [0.3, 0.4) is 0 Å². The van der Waals surface area contributed by atoms with Gasteiger partial charge in [0, 0.05) is 11.6 Å². The molecule has 2 N–H and O–H groups in total. The van der Waals surface area contributed by atoms with Crippen LogP contribution in [0.2, 0.25) is 0 Å². The molecule has 0 aromatic heterocycles. The average molecular weight is 561 g/mol. The first-order valence-electron chi connectivity index (χ1n) is 12.0.